The highest BCUT2D eigenvalue weighted by Gasteiger charge is 2.42. The highest BCUT2D eigenvalue weighted by atomic mass is 19.1. The topological polar surface area (TPSA) is 55.2 Å². The molecule has 0 radical (unpaired) electrons. The lowest BCUT2D eigenvalue weighted by molar-refractivity contribution is -0.384. The molecule has 1 N–H and O–H groups in total. The SMILES string of the molecule is O=[N+]([O-])c1cccc(F)c1NC(C1CC1)C1CC1. The van der Waals surface area contributed by atoms with Gasteiger partial charge in [0, 0.05) is 12.1 Å². The van der Waals surface area contributed by atoms with Gasteiger partial charge in [-0.05, 0) is 43.6 Å². The van der Waals surface area contributed by atoms with E-state index in [-0.39, 0.29) is 17.4 Å². The second-order valence-electron chi connectivity index (χ2n) is 5.24. The van der Waals surface area contributed by atoms with Gasteiger partial charge < -0.3 is 5.32 Å². The smallest absolute Gasteiger partial charge is 0.295 e. The van der Waals surface area contributed by atoms with Crippen molar-refractivity contribution in [2.45, 2.75) is 31.7 Å². The fourth-order valence-corrected chi connectivity index (χ4v) is 2.51. The lowest BCUT2D eigenvalue weighted by Gasteiger charge is -2.19. The van der Waals surface area contributed by atoms with Crippen molar-refractivity contribution in [3.63, 3.8) is 0 Å². The Labute approximate surface area is 104 Å². The summed E-state index contributed by atoms with van der Waals surface area (Å²) in [5, 5.41) is 14.0. The van der Waals surface area contributed by atoms with Crippen LogP contribution in [-0.4, -0.2) is 11.0 Å². The Kier molecular flexibility index (Phi) is 2.69. The summed E-state index contributed by atoms with van der Waals surface area (Å²) >= 11 is 0. The largest absolute Gasteiger partial charge is 0.374 e. The van der Waals surface area contributed by atoms with Crippen molar-refractivity contribution in [2.24, 2.45) is 11.8 Å². The first kappa shape index (κ1) is 11.4. The van der Waals surface area contributed by atoms with Crippen LogP contribution in [0.4, 0.5) is 15.8 Å². The molecule has 2 saturated carbocycles. The van der Waals surface area contributed by atoms with Crippen LogP contribution in [0.3, 0.4) is 0 Å². The highest BCUT2D eigenvalue weighted by Crippen LogP contribution is 2.46. The number of halogens is 1. The van der Waals surface area contributed by atoms with Gasteiger partial charge >= 0.3 is 0 Å². The van der Waals surface area contributed by atoms with Crippen LogP contribution in [-0.2, 0) is 0 Å². The summed E-state index contributed by atoms with van der Waals surface area (Å²) in [5.41, 5.74) is -0.104. The molecule has 3 rings (SSSR count). The molecule has 2 aliphatic carbocycles. The molecule has 1 aromatic carbocycles. The normalized spacial score (nSPS) is 19.0. The average Bonchev–Trinajstić information content (AvgIpc) is 3.19. The molecule has 0 heterocycles. The van der Waals surface area contributed by atoms with Crippen molar-refractivity contribution >= 4 is 11.4 Å². The van der Waals surface area contributed by atoms with Crippen molar-refractivity contribution in [2.75, 3.05) is 5.32 Å². The maximum atomic E-state index is 13.8. The molecule has 0 bridgehead atoms. The fourth-order valence-electron chi connectivity index (χ4n) is 2.51. The van der Waals surface area contributed by atoms with Crippen molar-refractivity contribution < 1.29 is 9.31 Å². The van der Waals surface area contributed by atoms with Gasteiger partial charge in [-0.1, -0.05) is 6.07 Å². The summed E-state index contributed by atoms with van der Waals surface area (Å²) in [6, 6.07) is 4.21. The molecule has 18 heavy (non-hydrogen) atoms. The van der Waals surface area contributed by atoms with Crippen LogP contribution < -0.4 is 5.32 Å². The van der Waals surface area contributed by atoms with E-state index in [4.69, 9.17) is 0 Å². The predicted molar refractivity (Wildman–Crippen MR) is 65.9 cm³/mol. The second-order valence-corrected chi connectivity index (χ2v) is 5.24. The predicted octanol–water partition coefficient (Wildman–Crippen LogP) is 3.33. The molecule has 0 unspecified atom stereocenters. The molecule has 0 spiro atoms. The van der Waals surface area contributed by atoms with Gasteiger partial charge in [0.2, 0.25) is 0 Å². The quantitative estimate of drug-likeness (QED) is 0.644. The van der Waals surface area contributed by atoms with Gasteiger partial charge in [0.05, 0.1) is 4.92 Å². The molecule has 96 valence electrons. The van der Waals surface area contributed by atoms with Gasteiger partial charge in [-0.15, -0.1) is 0 Å². The Morgan fingerprint density at radius 1 is 1.28 bits per heavy atom. The zero-order chi connectivity index (χ0) is 12.7. The number of hydrogen-bond acceptors (Lipinski definition) is 3. The molecular formula is C13H15FN2O2. The Morgan fingerprint density at radius 3 is 2.39 bits per heavy atom. The first-order valence-corrected chi connectivity index (χ1v) is 6.36. The number of nitrogens with zero attached hydrogens (tertiary/aromatic N) is 1. The van der Waals surface area contributed by atoms with Crippen LogP contribution >= 0.6 is 0 Å². The van der Waals surface area contributed by atoms with Crippen molar-refractivity contribution in [1.29, 1.82) is 0 Å². The second kappa shape index (κ2) is 4.23. The van der Waals surface area contributed by atoms with E-state index in [0.717, 1.165) is 25.7 Å². The van der Waals surface area contributed by atoms with Crippen LogP contribution in [0, 0.1) is 27.8 Å². The summed E-state index contributed by atoms with van der Waals surface area (Å²) < 4.78 is 13.8. The molecule has 4 nitrogen and oxygen atoms in total. The lowest BCUT2D eigenvalue weighted by Crippen LogP contribution is -2.25. The fraction of sp³-hybridized carbons (Fsp3) is 0.538. The number of para-hydroxylation sites is 1. The van der Waals surface area contributed by atoms with Crippen LogP contribution in [0.25, 0.3) is 0 Å². The number of rotatable bonds is 5. The molecule has 0 saturated heterocycles. The third-order valence-electron chi connectivity index (χ3n) is 3.76. The molecule has 2 aliphatic rings. The minimum atomic E-state index is -0.532. The summed E-state index contributed by atoms with van der Waals surface area (Å²) in [5.74, 6) is 0.601. The first-order chi connectivity index (χ1) is 8.66. The maximum Gasteiger partial charge on any atom is 0.295 e. The summed E-state index contributed by atoms with van der Waals surface area (Å²) in [6.07, 6.45) is 4.60. The molecule has 0 atom stereocenters. The summed E-state index contributed by atoms with van der Waals surface area (Å²) in [6.45, 7) is 0. The van der Waals surface area contributed by atoms with E-state index in [1.165, 1.54) is 18.2 Å². The van der Waals surface area contributed by atoms with Gasteiger partial charge in [-0.25, -0.2) is 4.39 Å². The van der Waals surface area contributed by atoms with E-state index in [1.54, 1.807) is 0 Å². The van der Waals surface area contributed by atoms with E-state index in [9.17, 15) is 14.5 Å². The first-order valence-electron chi connectivity index (χ1n) is 6.36. The average molecular weight is 250 g/mol. The third-order valence-corrected chi connectivity index (χ3v) is 3.76. The molecule has 0 aromatic heterocycles. The molecule has 2 fully saturated rings. The van der Waals surface area contributed by atoms with Crippen LogP contribution in [0.15, 0.2) is 18.2 Å². The minimum absolute atomic E-state index is 0.0614. The number of nitro benzene ring substituents is 1. The Hall–Kier alpha value is -1.65. The van der Waals surface area contributed by atoms with Crippen LogP contribution in [0.1, 0.15) is 25.7 Å². The highest BCUT2D eigenvalue weighted by molar-refractivity contribution is 5.63. The van der Waals surface area contributed by atoms with E-state index in [0.29, 0.717) is 11.8 Å². The number of hydrogen-bond donors (Lipinski definition) is 1. The Balaban J connectivity index is 1.88. The van der Waals surface area contributed by atoms with Gasteiger partial charge in [0.1, 0.15) is 5.69 Å². The minimum Gasteiger partial charge on any atom is -0.374 e. The van der Waals surface area contributed by atoms with Crippen molar-refractivity contribution in [1.82, 2.24) is 0 Å². The Bertz CT molecular complexity index is 472. The van der Waals surface area contributed by atoms with Crippen molar-refractivity contribution in [3.05, 3.63) is 34.1 Å². The molecule has 1 aromatic rings. The zero-order valence-corrected chi connectivity index (χ0v) is 9.93. The van der Waals surface area contributed by atoms with E-state index < -0.39 is 10.7 Å². The molecule has 0 aliphatic heterocycles. The van der Waals surface area contributed by atoms with Crippen LogP contribution in [0.5, 0.6) is 0 Å². The third kappa shape index (κ3) is 2.17. The standard InChI is InChI=1S/C13H15FN2O2/c14-10-2-1-3-11(16(17)18)13(10)15-12(8-4-5-8)9-6-7-9/h1-3,8-9,12,15H,4-7H2. The molecular weight excluding hydrogens is 235 g/mol. The number of anilines is 1. The molecule has 5 heteroatoms. The van der Waals surface area contributed by atoms with Crippen molar-refractivity contribution in [3.8, 4) is 0 Å². The number of nitrogens with one attached hydrogen (secondary N) is 1. The zero-order valence-electron chi connectivity index (χ0n) is 9.93. The van der Waals surface area contributed by atoms with E-state index in [1.807, 2.05) is 0 Å². The van der Waals surface area contributed by atoms with E-state index >= 15 is 0 Å². The number of benzene rings is 1. The lowest BCUT2D eigenvalue weighted by atomic mass is 10.1. The maximum absolute atomic E-state index is 13.8. The van der Waals surface area contributed by atoms with Gasteiger partial charge in [0.25, 0.3) is 5.69 Å². The van der Waals surface area contributed by atoms with Gasteiger partial charge in [-0.3, -0.25) is 10.1 Å². The Morgan fingerprint density at radius 2 is 1.89 bits per heavy atom. The van der Waals surface area contributed by atoms with Gasteiger partial charge in [0.15, 0.2) is 5.82 Å². The molecule has 0 amide bonds. The van der Waals surface area contributed by atoms with E-state index in [2.05, 4.69) is 5.32 Å². The van der Waals surface area contributed by atoms with Crippen LogP contribution in [0.2, 0.25) is 0 Å². The monoisotopic (exact) mass is 250 g/mol. The van der Waals surface area contributed by atoms with Gasteiger partial charge in [-0.2, -0.15) is 0 Å². The summed E-state index contributed by atoms with van der Waals surface area (Å²) in [7, 11) is 0. The summed E-state index contributed by atoms with van der Waals surface area (Å²) in [4.78, 5) is 10.4. The number of nitro groups is 1.